The number of halogens is 1. The third-order valence-electron chi connectivity index (χ3n) is 4.48. The monoisotopic (exact) mass is 550 g/mol. The highest BCUT2D eigenvalue weighted by Crippen LogP contribution is 2.18. The molecule has 0 radical (unpaired) electrons. The van der Waals surface area contributed by atoms with E-state index >= 15 is 0 Å². The number of para-hydroxylation sites is 1. The predicted octanol–water partition coefficient (Wildman–Crippen LogP) is 3.46. The minimum Gasteiger partial charge on any atom is -0.491 e. The van der Waals surface area contributed by atoms with Crippen molar-refractivity contribution >= 4 is 29.9 Å². The maximum atomic E-state index is 10.5. The van der Waals surface area contributed by atoms with Gasteiger partial charge in [0.2, 0.25) is 0 Å². The average Bonchev–Trinajstić information content (AvgIpc) is 3.25. The van der Waals surface area contributed by atoms with Crippen molar-refractivity contribution in [1.82, 2.24) is 25.4 Å². The van der Waals surface area contributed by atoms with E-state index in [0.29, 0.717) is 25.6 Å². The second-order valence-electron chi connectivity index (χ2n) is 7.28. The Morgan fingerprint density at radius 1 is 1.09 bits per heavy atom. The lowest BCUT2D eigenvalue weighted by Gasteiger charge is -2.16. The van der Waals surface area contributed by atoms with Gasteiger partial charge in [-0.3, -0.25) is 4.57 Å². The van der Waals surface area contributed by atoms with Crippen molar-refractivity contribution < 1.29 is 9.84 Å². The van der Waals surface area contributed by atoms with Crippen molar-refractivity contribution in [3.05, 3.63) is 72.3 Å². The Kier molecular flexibility index (Phi) is 10.4. The van der Waals surface area contributed by atoms with E-state index in [2.05, 4.69) is 25.8 Å². The fourth-order valence-corrected chi connectivity index (χ4v) is 3.01. The Labute approximate surface area is 206 Å². The fourth-order valence-electron chi connectivity index (χ4n) is 3.01. The number of aromatic nitrogens is 3. The number of aliphatic hydroxyl groups is 1. The fraction of sp³-hybridized carbons (Fsp3) is 0.348. The SMILES string of the molecule is CCNC(=NCc1nncn1-c1ccccc1)NCC(O)c1ccc(OC(C)C)cc1.I. The van der Waals surface area contributed by atoms with Gasteiger partial charge in [0.1, 0.15) is 18.6 Å². The molecule has 3 aromatic rings. The Hall–Kier alpha value is -2.66. The molecule has 1 unspecified atom stereocenters. The van der Waals surface area contributed by atoms with E-state index in [9.17, 15) is 5.11 Å². The van der Waals surface area contributed by atoms with Gasteiger partial charge in [-0.15, -0.1) is 34.2 Å². The molecular weight excluding hydrogens is 519 g/mol. The maximum absolute atomic E-state index is 10.5. The van der Waals surface area contributed by atoms with Crippen LogP contribution in [0.25, 0.3) is 5.69 Å². The highest BCUT2D eigenvalue weighted by Gasteiger charge is 2.10. The Morgan fingerprint density at radius 2 is 1.81 bits per heavy atom. The van der Waals surface area contributed by atoms with Gasteiger partial charge >= 0.3 is 0 Å². The summed E-state index contributed by atoms with van der Waals surface area (Å²) in [6.07, 6.45) is 1.12. The van der Waals surface area contributed by atoms with E-state index in [0.717, 1.165) is 22.8 Å². The molecular formula is C23H31IN6O2. The average molecular weight is 550 g/mol. The van der Waals surface area contributed by atoms with Gasteiger partial charge in [0, 0.05) is 18.8 Å². The van der Waals surface area contributed by atoms with Crippen LogP contribution in [0.1, 0.15) is 38.3 Å². The van der Waals surface area contributed by atoms with Crippen LogP contribution in [0.4, 0.5) is 0 Å². The van der Waals surface area contributed by atoms with E-state index in [1.54, 1.807) is 6.33 Å². The van der Waals surface area contributed by atoms with Gasteiger partial charge in [-0.05, 0) is 50.6 Å². The Balaban J connectivity index is 0.00000363. The summed E-state index contributed by atoms with van der Waals surface area (Å²) in [5.41, 5.74) is 1.79. The van der Waals surface area contributed by atoms with Crippen molar-refractivity contribution in [3.8, 4) is 11.4 Å². The second kappa shape index (κ2) is 13.0. The summed E-state index contributed by atoms with van der Waals surface area (Å²) in [6, 6.07) is 17.4. The first-order chi connectivity index (χ1) is 15.1. The largest absolute Gasteiger partial charge is 0.491 e. The molecule has 0 aliphatic heterocycles. The third kappa shape index (κ3) is 7.49. The van der Waals surface area contributed by atoms with Crippen LogP contribution in [0.5, 0.6) is 5.75 Å². The summed E-state index contributed by atoms with van der Waals surface area (Å²) in [5, 5.41) is 25.1. The molecule has 1 atom stereocenters. The lowest BCUT2D eigenvalue weighted by Crippen LogP contribution is -2.39. The van der Waals surface area contributed by atoms with Crippen LogP contribution in [0.2, 0.25) is 0 Å². The Morgan fingerprint density at radius 3 is 2.47 bits per heavy atom. The molecule has 3 N–H and O–H groups in total. The van der Waals surface area contributed by atoms with Crippen molar-refractivity contribution in [2.75, 3.05) is 13.1 Å². The molecule has 0 bridgehead atoms. The molecule has 32 heavy (non-hydrogen) atoms. The lowest BCUT2D eigenvalue weighted by atomic mass is 10.1. The molecule has 0 saturated carbocycles. The van der Waals surface area contributed by atoms with Crippen LogP contribution in [0, 0.1) is 0 Å². The summed E-state index contributed by atoms with van der Waals surface area (Å²) in [4.78, 5) is 4.59. The van der Waals surface area contributed by atoms with Gasteiger partial charge in [-0.25, -0.2) is 4.99 Å². The van der Waals surface area contributed by atoms with Crippen LogP contribution in [0.3, 0.4) is 0 Å². The zero-order valence-corrected chi connectivity index (χ0v) is 20.9. The summed E-state index contributed by atoms with van der Waals surface area (Å²) in [6.45, 7) is 7.33. The highest BCUT2D eigenvalue weighted by molar-refractivity contribution is 14.0. The normalized spacial score (nSPS) is 12.2. The van der Waals surface area contributed by atoms with Gasteiger partial charge < -0.3 is 20.5 Å². The first-order valence-electron chi connectivity index (χ1n) is 10.5. The molecule has 0 aliphatic carbocycles. The van der Waals surface area contributed by atoms with E-state index in [1.807, 2.05) is 79.9 Å². The van der Waals surface area contributed by atoms with Gasteiger partial charge in [0.15, 0.2) is 11.8 Å². The number of rotatable bonds is 9. The Bertz CT molecular complexity index is 960. The summed E-state index contributed by atoms with van der Waals surface area (Å²) >= 11 is 0. The summed E-state index contributed by atoms with van der Waals surface area (Å²) in [5.74, 6) is 2.12. The number of ether oxygens (including phenoxy) is 1. The van der Waals surface area contributed by atoms with Gasteiger partial charge in [0.05, 0.1) is 12.2 Å². The van der Waals surface area contributed by atoms with Crippen molar-refractivity contribution in [2.24, 2.45) is 4.99 Å². The predicted molar refractivity (Wildman–Crippen MR) is 137 cm³/mol. The summed E-state index contributed by atoms with van der Waals surface area (Å²) < 4.78 is 7.55. The zero-order valence-electron chi connectivity index (χ0n) is 18.6. The molecule has 1 heterocycles. The first-order valence-corrected chi connectivity index (χ1v) is 10.5. The maximum Gasteiger partial charge on any atom is 0.191 e. The molecule has 8 nitrogen and oxygen atoms in total. The number of aliphatic hydroxyl groups excluding tert-OH is 1. The van der Waals surface area contributed by atoms with Gasteiger partial charge in [-0.2, -0.15) is 0 Å². The zero-order chi connectivity index (χ0) is 22.1. The van der Waals surface area contributed by atoms with Crippen molar-refractivity contribution in [1.29, 1.82) is 0 Å². The molecule has 3 rings (SSSR count). The van der Waals surface area contributed by atoms with Crippen LogP contribution >= 0.6 is 24.0 Å². The number of hydrogen-bond acceptors (Lipinski definition) is 5. The van der Waals surface area contributed by atoms with Crippen LogP contribution < -0.4 is 15.4 Å². The minimum atomic E-state index is -0.676. The number of hydrogen-bond donors (Lipinski definition) is 3. The summed E-state index contributed by atoms with van der Waals surface area (Å²) in [7, 11) is 0. The molecule has 0 saturated heterocycles. The van der Waals surface area contributed by atoms with E-state index in [-0.39, 0.29) is 30.1 Å². The standard InChI is InChI=1S/C23H30N6O2.HI/c1-4-24-23(25-14-21(30)18-10-12-20(13-11-18)31-17(2)3)26-15-22-28-27-16-29(22)19-8-6-5-7-9-19;/h5-13,16-17,21,30H,4,14-15H2,1-3H3,(H2,24,25,26);1H. The van der Waals surface area contributed by atoms with Crippen LogP contribution in [-0.2, 0) is 6.54 Å². The molecule has 2 aromatic carbocycles. The van der Waals surface area contributed by atoms with Crippen LogP contribution in [-0.4, -0.2) is 45.0 Å². The molecule has 0 aliphatic rings. The van der Waals surface area contributed by atoms with E-state index < -0.39 is 6.10 Å². The minimum absolute atomic E-state index is 0. The van der Waals surface area contributed by atoms with Crippen molar-refractivity contribution in [2.45, 2.75) is 39.5 Å². The number of nitrogens with one attached hydrogen (secondary N) is 2. The number of benzene rings is 2. The van der Waals surface area contributed by atoms with Gasteiger partial charge in [-0.1, -0.05) is 30.3 Å². The molecule has 9 heteroatoms. The molecule has 0 fully saturated rings. The van der Waals surface area contributed by atoms with Gasteiger partial charge in [0.25, 0.3) is 0 Å². The first kappa shape index (κ1) is 25.6. The van der Waals surface area contributed by atoms with E-state index in [4.69, 9.17) is 4.74 Å². The molecule has 1 aromatic heterocycles. The van der Waals surface area contributed by atoms with Crippen LogP contribution in [0.15, 0.2) is 65.9 Å². The lowest BCUT2D eigenvalue weighted by molar-refractivity contribution is 0.180. The topological polar surface area (TPSA) is 96.6 Å². The highest BCUT2D eigenvalue weighted by atomic mass is 127. The van der Waals surface area contributed by atoms with Crippen molar-refractivity contribution in [3.63, 3.8) is 0 Å². The third-order valence-corrected chi connectivity index (χ3v) is 4.48. The molecule has 0 spiro atoms. The molecule has 0 amide bonds. The second-order valence-corrected chi connectivity index (χ2v) is 7.28. The number of guanidine groups is 1. The van der Waals surface area contributed by atoms with E-state index in [1.165, 1.54) is 0 Å². The number of aliphatic imine (C=N–C) groups is 1. The molecule has 172 valence electrons. The quantitative estimate of drug-likeness (QED) is 0.215. The number of nitrogens with zero attached hydrogens (tertiary/aromatic N) is 4. The smallest absolute Gasteiger partial charge is 0.191 e.